The Morgan fingerprint density at radius 3 is 2.78 bits per heavy atom. The van der Waals surface area contributed by atoms with E-state index in [4.69, 9.17) is 9.98 Å². The average Bonchev–Trinajstić information content (AvgIpc) is 3.19. The third-order valence-corrected chi connectivity index (χ3v) is 6.76. The summed E-state index contributed by atoms with van der Waals surface area (Å²) in [4.78, 5) is 14.4. The summed E-state index contributed by atoms with van der Waals surface area (Å²) < 4.78 is 0. The normalized spacial score (nSPS) is 17.7. The molecule has 3 aliphatic rings. The lowest BCUT2D eigenvalue weighted by Gasteiger charge is -2.23. The average molecular weight is 445 g/mol. The molecule has 0 atom stereocenters. The van der Waals surface area contributed by atoms with E-state index in [0.717, 1.165) is 43.6 Å². The highest BCUT2D eigenvalue weighted by Gasteiger charge is 2.27. The summed E-state index contributed by atoms with van der Waals surface area (Å²) in [6.45, 7) is 7.14. The zero-order valence-corrected chi connectivity index (χ0v) is 18.7. The van der Waals surface area contributed by atoms with Crippen LogP contribution in [0.5, 0.6) is 0 Å². The van der Waals surface area contributed by atoms with E-state index in [2.05, 4.69) is 46.4 Å². The van der Waals surface area contributed by atoms with Crippen molar-refractivity contribution < 1.29 is 0 Å². The zero-order valence-electron chi connectivity index (χ0n) is 15.5. The van der Waals surface area contributed by atoms with Gasteiger partial charge in [-0.2, -0.15) is 0 Å². The number of thioether (sulfide) groups is 2. The van der Waals surface area contributed by atoms with Crippen molar-refractivity contribution in [2.24, 2.45) is 9.98 Å². The maximum absolute atomic E-state index is 4.82. The van der Waals surface area contributed by atoms with Crippen molar-refractivity contribution in [3.05, 3.63) is 46.5 Å². The lowest BCUT2D eigenvalue weighted by molar-refractivity contribution is 0.449. The Morgan fingerprint density at radius 1 is 1.15 bits per heavy atom. The lowest BCUT2D eigenvalue weighted by Crippen LogP contribution is -2.28. The highest BCUT2D eigenvalue weighted by molar-refractivity contribution is 8.17. The first kappa shape index (κ1) is 22.5. The van der Waals surface area contributed by atoms with E-state index in [9.17, 15) is 0 Å². The summed E-state index contributed by atoms with van der Waals surface area (Å²) in [6, 6.07) is 8.67. The molecule has 3 heterocycles. The van der Waals surface area contributed by atoms with Gasteiger partial charge in [-0.15, -0.1) is 24.8 Å². The van der Waals surface area contributed by atoms with Crippen molar-refractivity contribution in [2.45, 2.75) is 32.9 Å². The minimum absolute atomic E-state index is 0. The van der Waals surface area contributed by atoms with Crippen LogP contribution in [0, 0.1) is 0 Å². The monoisotopic (exact) mass is 444 g/mol. The van der Waals surface area contributed by atoms with E-state index in [1.807, 2.05) is 11.8 Å². The molecule has 0 aliphatic carbocycles. The van der Waals surface area contributed by atoms with Crippen molar-refractivity contribution in [3.8, 4) is 0 Å². The first-order valence-electron chi connectivity index (χ1n) is 9.02. The van der Waals surface area contributed by atoms with Gasteiger partial charge >= 0.3 is 0 Å². The van der Waals surface area contributed by atoms with Gasteiger partial charge in [-0.25, -0.2) is 0 Å². The number of hydrogen-bond donors (Lipinski definition) is 0. The summed E-state index contributed by atoms with van der Waals surface area (Å²) in [7, 11) is 0. The standard InChI is InChI=1S/C19H24N4S2.2ClH/c1-2-3-9-22-10-8-20-18(22)24-13-17-14-25-19-21-11-15-6-4-5-7-16(15)12-23(17)19;;/h4-7,14H,2-3,8-13H2,1H3;2*1H. The van der Waals surface area contributed by atoms with Crippen molar-refractivity contribution in [1.29, 1.82) is 0 Å². The van der Waals surface area contributed by atoms with E-state index in [1.54, 1.807) is 11.8 Å². The molecule has 0 saturated heterocycles. The van der Waals surface area contributed by atoms with Gasteiger partial charge in [0.2, 0.25) is 0 Å². The molecular weight excluding hydrogens is 419 g/mol. The number of nitrogens with zero attached hydrogens (tertiary/aromatic N) is 4. The van der Waals surface area contributed by atoms with Crippen molar-refractivity contribution in [2.75, 3.05) is 25.4 Å². The number of rotatable bonds is 5. The van der Waals surface area contributed by atoms with Gasteiger partial charge < -0.3 is 9.80 Å². The van der Waals surface area contributed by atoms with Gasteiger partial charge in [0.1, 0.15) is 0 Å². The Labute approximate surface area is 182 Å². The number of halogens is 2. The maximum atomic E-state index is 4.82. The fourth-order valence-corrected chi connectivity index (χ4v) is 5.33. The largest absolute Gasteiger partial charge is 0.350 e. The number of amidine groups is 2. The molecule has 1 aromatic carbocycles. The third kappa shape index (κ3) is 5.17. The number of fused-ring (bicyclic) bond motifs is 2. The number of hydrogen-bond acceptors (Lipinski definition) is 6. The third-order valence-electron chi connectivity index (χ3n) is 4.73. The lowest BCUT2D eigenvalue weighted by atomic mass is 10.1. The van der Waals surface area contributed by atoms with Gasteiger partial charge in [-0.3, -0.25) is 9.98 Å². The molecule has 4 rings (SSSR count). The second-order valence-electron chi connectivity index (χ2n) is 6.47. The van der Waals surface area contributed by atoms with Gasteiger partial charge in [-0.1, -0.05) is 61.1 Å². The van der Waals surface area contributed by atoms with Gasteiger partial charge in [0.15, 0.2) is 10.3 Å². The SMILES string of the molecule is CCCCN1CCN=C1SCC1=CSC2=NCc3ccccc3CN12.Cl.Cl. The molecule has 0 unspecified atom stereocenters. The molecular formula is C19H26Cl2N4S2. The Hall–Kier alpha value is -0.820. The van der Waals surface area contributed by atoms with Crippen LogP contribution in [0.3, 0.4) is 0 Å². The summed E-state index contributed by atoms with van der Waals surface area (Å²) in [5.41, 5.74) is 4.10. The molecule has 0 amide bonds. The Morgan fingerprint density at radius 2 is 1.96 bits per heavy atom. The number of aliphatic imine (C=N–C) groups is 2. The molecule has 0 saturated carbocycles. The van der Waals surface area contributed by atoms with Crippen LogP contribution in [-0.2, 0) is 13.1 Å². The van der Waals surface area contributed by atoms with E-state index in [0.29, 0.717) is 0 Å². The molecule has 0 radical (unpaired) electrons. The van der Waals surface area contributed by atoms with Crippen LogP contribution >= 0.6 is 48.3 Å². The highest BCUT2D eigenvalue weighted by atomic mass is 35.5. The summed E-state index contributed by atoms with van der Waals surface area (Å²) in [5, 5.41) is 4.63. The van der Waals surface area contributed by atoms with Crippen molar-refractivity contribution in [1.82, 2.24) is 9.80 Å². The van der Waals surface area contributed by atoms with Gasteiger partial charge in [0.25, 0.3) is 0 Å². The minimum Gasteiger partial charge on any atom is -0.350 e. The maximum Gasteiger partial charge on any atom is 0.168 e. The fraction of sp³-hybridized carbons (Fsp3) is 0.474. The Balaban J connectivity index is 0.00000131. The Kier molecular flexibility index (Phi) is 8.86. The molecule has 0 N–H and O–H groups in total. The van der Waals surface area contributed by atoms with Crippen LogP contribution < -0.4 is 0 Å². The van der Waals surface area contributed by atoms with Gasteiger partial charge in [-0.05, 0) is 23.0 Å². The second kappa shape index (κ2) is 10.6. The van der Waals surface area contributed by atoms with Gasteiger partial charge in [0.05, 0.1) is 19.6 Å². The first-order chi connectivity index (χ1) is 12.3. The molecule has 1 aromatic rings. The minimum atomic E-state index is 0. The van der Waals surface area contributed by atoms with E-state index in [1.165, 1.54) is 34.8 Å². The smallest absolute Gasteiger partial charge is 0.168 e. The van der Waals surface area contributed by atoms with Crippen LogP contribution in [-0.4, -0.2) is 45.5 Å². The molecule has 148 valence electrons. The van der Waals surface area contributed by atoms with E-state index in [-0.39, 0.29) is 24.8 Å². The topological polar surface area (TPSA) is 31.2 Å². The van der Waals surface area contributed by atoms with E-state index >= 15 is 0 Å². The zero-order chi connectivity index (χ0) is 17.1. The number of benzene rings is 1. The predicted molar refractivity (Wildman–Crippen MR) is 125 cm³/mol. The summed E-state index contributed by atoms with van der Waals surface area (Å²) >= 11 is 3.64. The van der Waals surface area contributed by atoms with Crippen molar-refractivity contribution in [3.63, 3.8) is 0 Å². The summed E-state index contributed by atoms with van der Waals surface area (Å²) in [6.07, 6.45) is 2.49. The number of unbranched alkanes of at least 4 members (excludes halogenated alkanes) is 1. The molecule has 0 spiro atoms. The van der Waals surface area contributed by atoms with Crippen LogP contribution in [0.2, 0.25) is 0 Å². The highest BCUT2D eigenvalue weighted by Crippen LogP contribution is 2.34. The van der Waals surface area contributed by atoms with Crippen LogP contribution in [0.15, 0.2) is 45.4 Å². The molecule has 0 fully saturated rings. The molecule has 0 aromatic heterocycles. The predicted octanol–water partition coefficient (Wildman–Crippen LogP) is 4.99. The second-order valence-corrected chi connectivity index (χ2v) is 8.25. The summed E-state index contributed by atoms with van der Waals surface area (Å²) in [5.74, 6) is 0.968. The van der Waals surface area contributed by atoms with E-state index < -0.39 is 0 Å². The van der Waals surface area contributed by atoms with Crippen molar-refractivity contribution >= 4 is 58.7 Å². The fourth-order valence-electron chi connectivity index (χ4n) is 3.26. The van der Waals surface area contributed by atoms with Crippen LogP contribution in [0.4, 0.5) is 0 Å². The van der Waals surface area contributed by atoms with Crippen LogP contribution in [0.1, 0.15) is 30.9 Å². The molecule has 4 nitrogen and oxygen atoms in total. The van der Waals surface area contributed by atoms with Gasteiger partial charge in [0, 0.05) is 24.5 Å². The molecule has 3 aliphatic heterocycles. The molecule has 27 heavy (non-hydrogen) atoms. The molecule has 0 bridgehead atoms. The van der Waals surface area contributed by atoms with Crippen LogP contribution in [0.25, 0.3) is 0 Å². The quantitative estimate of drug-likeness (QED) is 0.639. The Bertz CT molecular complexity index is 736. The first-order valence-corrected chi connectivity index (χ1v) is 10.9. The molecule has 8 heteroatoms.